The van der Waals surface area contributed by atoms with Gasteiger partial charge < -0.3 is 0 Å². The zero-order valence-electron chi connectivity index (χ0n) is 10.4. The summed E-state index contributed by atoms with van der Waals surface area (Å²) in [5.74, 6) is 0. The molecule has 0 bridgehead atoms. The summed E-state index contributed by atoms with van der Waals surface area (Å²) in [5.41, 5.74) is 4.65. The van der Waals surface area contributed by atoms with Crippen LogP contribution in [0, 0.1) is 11.3 Å². The van der Waals surface area contributed by atoms with Gasteiger partial charge in [-0.25, -0.2) is 0 Å². The van der Waals surface area contributed by atoms with Crippen LogP contribution in [0.3, 0.4) is 0 Å². The minimum absolute atomic E-state index is 0.777. The molecular weight excluding hydrogens is 300 g/mol. The Bertz CT molecular complexity index is 658. The molecule has 2 nitrogen and oxygen atoms in total. The predicted octanol–water partition coefficient (Wildman–Crippen LogP) is 3.84. The van der Waals surface area contributed by atoms with Crippen molar-refractivity contribution in [2.75, 3.05) is 0 Å². The van der Waals surface area contributed by atoms with Crippen LogP contribution in [0.15, 0.2) is 46.9 Å². The molecule has 94 valence electrons. The Hall–Kier alpha value is -1.63. The van der Waals surface area contributed by atoms with Crippen LogP contribution in [-0.4, -0.2) is 4.90 Å². The van der Waals surface area contributed by atoms with Crippen molar-refractivity contribution < 1.29 is 0 Å². The van der Waals surface area contributed by atoms with Crippen molar-refractivity contribution in [3.63, 3.8) is 0 Å². The van der Waals surface area contributed by atoms with Crippen LogP contribution in [-0.2, 0) is 19.6 Å². The number of halogens is 1. The van der Waals surface area contributed by atoms with Gasteiger partial charge in [0.1, 0.15) is 0 Å². The van der Waals surface area contributed by atoms with Gasteiger partial charge in [0.05, 0.1) is 11.6 Å². The Kier molecular flexibility index (Phi) is 3.37. The second-order valence-corrected chi connectivity index (χ2v) is 5.74. The van der Waals surface area contributed by atoms with Crippen molar-refractivity contribution in [3.8, 4) is 6.07 Å². The number of benzene rings is 2. The monoisotopic (exact) mass is 312 g/mol. The first kappa shape index (κ1) is 12.4. The third-order valence-electron chi connectivity index (χ3n) is 3.49. The van der Waals surface area contributed by atoms with Crippen LogP contribution in [0.4, 0.5) is 0 Å². The lowest BCUT2D eigenvalue weighted by Crippen LogP contribution is -2.16. The van der Waals surface area contributed by atoms with Gasteiger partial charge in [-0.3, -0.25) is 4.90 Å². The summed E-state index contributed by atoms with van der Waals surface area (Å²) in [4.78, 5) is 2.37. The van der Waals surface area contributed by atoms with Crippen LogP contribution in [0.2, 0.25) is 0 Å². The van der Waals surface area contributed by atoms with Crippen molar-refractivity contribution in [2.24, 2.45) is 0 Å². The summed E-state index contributed by atoms with van der Waals surface area (Å²) in [5, 5.41) is 9.13. The molecule has 0 N–H and O–H groups in total. The molecule has 3 rings (SSSR count). The number of nitriles is 1. The summed E-state index contributed by atoms with van der Waals surface area (Å²) >= 11 is 3.51. The maximum Gasteiger partial charge on any atom is 0.0995 e. The maximum atomic E-state index is 9.13. The van der Waals surface area contributed by atoms with Gasteiger partial charge in [0.2, 0.25) is 0 Å². The van der Waals surface area contributed by atoms with Crippen molar-refractivity contribution in [1.82, 2.24) is 4.90 Å². The molecule has 0 spiro atoms. The molecule has 0 radical (unpaired) electrons. The van der Waals surface area contributed by atoms with Gasteiger partial charge in [0.15, 0.2) is 0 Å². The summed E-state index contributed by atoms with van der Waals surface area (Å²) < 4.78 is 1.13. The molecule has 0 saturated heterocycles. The Morgan fingerprint density at radius 1 is 1.11 bits per heavy atom. The summed E-state index contributed by atoms with van der Waals surface area (Å²) in [6.07, 6.45) is 0. The predicted molar refractivity (Wildman–Crippen MR) is 78.3 cm³/mol. The van der Waals surface area contributed by atoms with Crippen LogP contribution >= 0.6 is 15.9 Å². The Balaban J connectivity index is 1.79. The van der Waals surface area contributed by atoms with Crippen molar-refractivity contribution in [2.45, 2.75) is 19.6 Å². The van der Waals surface area contributed by atoms with E-state index in [0.29, 0.717) is 0 Å². The van der Waals surface area contributed by atoms with Gasteiger partial charge in [0.25, 0.3) is 0 Å². The van der Waals surface area contributed by atoms with Gasteiger partial charge in [-0.15, -0.1) is 0 Å². The molecular formula is C16H13BrN2. The maximum absolute atomic E-state index is 9.13. The molecule has 19 heavy (non-hydrogen) atoms. The van der Waals surface area contributed by atoms with E-state index in [2.05, 4.69) is 45.1 Å². The fourth-order valence-electron chi connectivity index (χ4n) is 2.55. The number of hydrogen-bond donors (Lipinski definition) is 0. The molecule has 3 heteroatoms. The second kappa shape index (κ2) is 5.16. The van der Waals surface area contributed by atoms with E-state index in [1.165, 1.54) is 11.1 Å². The Morgan fingerprint density at radius 2 is 1.89 bits per heavy atom. The van der Waals surface area contributed by atoms with E-state index < -0.39 is 0 Å². The SMILES string of the molecule is N#Cc1ccccc1CN1Cc2ccc(Br)cc2C1. The topological polar surface area (TPSA) is 27.0 Å². The van der Waals surface area contributed by atoms with E-state index in [0.717, 1.165) is 35.2 Å². The van der Waals surface area contributed by atoms with Gasteiger partial charge in [0, 0.05) is 24.1 Å². The standard InChI is InChI=1S/C16H13BrN2/c17-16-6-5-14-10-19(11-15(14)7-16)9-13-4-2-1-3-12(13)8-18/h1-7H,9-11H2. The molecule has 0 aliphatic carbocycles. The third kappa shape index (κ3) is 2.56. The average Bonchev–Trinajstić information content (AvgIpc) is 2.80. The second-order valence-electron chi connectivity index (χ2n) is 4.83. The first-order chi connectivity index (χ1) is 9.26. The molecule has 2 aromatic rings. The lowest BCUT2D eigenvalue weighted by molar-refractivity contribution is 0.275. The quantitative estimate of drug-likeness (QED) is 0.842. The third-order valence-corrected chi connectivity index (χ3v) is 3.98. The van der Waals surface area contributed by atoms with Gasteiger partial charge >= 0.3 is 0 Å². The first-order valence-corrected chi connectivity index (χ1v) is 7.03. The molecule has 0 fully saturated rings. The molecule has 0 unspecified atom stereocenters. The van der Waals surface area contributed by atoms with E-state index in [-0.39, 0.29) is 0 Å². The van der Waals surface area contributed by atoms with E-state index in [1.807, 2.05) is 24.3 Å². The lowest BCUT2D eigenvalue weighted by atomic mass is 10.1. The van der Waals surface area contributed by atoms with Crippen LogP contribution in [0.1, 0.15) is 22.3 Å². The lowest BCUT2D eigenvalue weighted by Gasteiger charge is -2.15. The first-order valence-electron chi connectivity index (χ1n) is 6.24. The molecule has 0 atom stereocenters. The molecule has 0 saturated carbocycles. The van der Waals surface area contributed by atoms with Crippen molar-refractivity contribution in [3.05, 3.63) is 69.2 Å². The van der Waals surface area contributed by atoms with Crippen molar-refractivity contribution >= 4 is 15.9 Å². The van der Waals surface area contributed by atoms with Gasteiger partial charge in [-0.05, 0) is 34.9 Å². The van der Waals surface area contributed by atoms with Crippen LogP contribution in [0.25, 0.3) is 0 Å². The number of hydrogen-bond acceptors (Lipinski definition) is 2. The summed E-state index contributed by atoms with van der Waals surface area (Å²) in [6, 6.07) is 16.6. The van der Waals surface area contributed by atoms with Crippen LogP contribution in [0.5, 0.6) is 0 Å². The minimum atomic E-state index is 0.777. The van der Waals surface area contributed by atoms with Gasteiger partial charge in [-0.2, -0.15) is 5.26 Å². The van der Waals surface area contributed by atoms with E-state index in [4.69, 9.17) is 5.26 Å². The normalized spacial score (nSPS) is 14.1. The highest BCUT2D eigenvalue weighted by Crippen LogP contribution is 2.27. The van der Waals surface area contributed by atoms with Crippen molar-refractivity contribution in [1.29, 1.82) is 5.26 Å². The summed E-state index contributed by atoms with van der Waals surface area (Å²) in [7, 11) is 0. The average molecular weight is 313 g/mol. The number of rotatable bonds is 2. The van der Waals surface area contributed by atoms with Gasteiger partial charge in [-0.1, -0.05) is 40.2 Å². The molecule has 0 aromatic heterocycles. The Morgan fingerprint density at radius 3 is 2.74 bits per heavy atom. The van der Waals surface area contributed by atoms with E-state index in [1.54, 1.807) is 0 Å². The zero-order chi connectivity index (χ0) is 13.2. The largest absolute Gasteiger partial charge is 0.291 e. The number of fused-ring (bicyclic) bond motifs is 1. The van der Waals surface area contributed by atoms with E-state index >= 15 is 0 Å². The zero-order valence-corrected chi connectivity index (χ0v) is 12.0. The molecule has 1 heterocycles. The van der Waals surface area contributed by atoms with Crippen LogP contribution < -0.4 is 0 Å². The molecule has 0 amide bonds. The molecule has 1 aliphatic rings. The highest BCUT2D eigenvalue weighted by Gasteiger charge is 2.19. The Labute approximate surface area is 121 Å². The highest BCUT2D eigenvalue weighted by atomic mass is 79.9. The smallest absolute Gasteiger partial charge is 0.0995 e. The fraction of sp³-hybridized carbons (Fsp3) is 0.188. The fourth-order valence-corrected chi connectivity index (χ4v) is 2.96. The minimum Gasteiger partial charge on any atom is -0.291 e. The number of nitrogens with zero attached hydrogens (tertiary/aromatic N) is 2. The summed E-state index contributed by atoms with van der Waals surface area (Å²) in [6.45, 7) is 2.74. The molecule has 2 aromatic carbocycles. The highest BCUT2D eigenvalue weighted by molar-refractivity contribution is 9.10. The van der Waals surface area contributed by atoms with E-state index in [9.17, 15) is 0 Å². The molecule has 1 aliphatic heterocycles.